The third-order valence-electron chi connectivity index (χ3n) is 2.45. The van der Waals surface area contributed by atoms with E-state index in [-0.39, 0.29) is 24.9 Å². The summed E-state index contributed by atoms with van der Waals surface area (Å²) in [6.45, 7) is 3.84. The van der Waals surface area contributed by atoms with Crippen molar-refractivity contribution in [1.82, 2.24) is 4.90 Å². The monoisotopic (exact) mass is 259 g/mol. The summed E-state index contributed by atoms with van der Waals surface area (Å²) < 4.78 is 13.5. The van der Waals surface area contributed by atoms with Gasteiger partial charge >= 0.3 is 5.97 Å². The number of nitrogens with zero attached hydrogens (tertiary/aromatic N) is 1. The highest BCUT2D eigenvalue weighted by Crippen LogP contribution is 2.17. The molecule has 0 aromatic heterocycles. The van der Waals surface area contributed by atoms with E-state index in [0.717, 1.165) is 0 Å². The van der Waals surface area contributed by atoms with Gasteiger partial charge in [0.05, 0.1) is 6.54 Å². The number of carbonyl (C=O) groups is 1. The highest BCUT2D eigenvalue weighted by molar-refractivity contribution is 6.30. The first-order valence-electron chi connectivity index (χ1n) is 5.30. The highest BCUT2D eigenvalue weighted by atomic mass is 35.5. The second-order valence-corrected chi connectivity index (χ2v) is 4.56. The van der Waals surface area contributed by atoms with E-state index < -0.39 is 5.97 Å². The summed E-state index contributed by atoms with van der Waals surface area (Å²) >= 11 is 5.78. The fourth-order valence-corrected chi connectivity index (χ4v) is 1.67. The predicted octanol–water partition coefficient (Wildman–Crippen LogP) is 2.77. The van der Waals surface area contributed by atoms with E-state index in [1.54, 1.807) is 4.90 Å². The zero-order valence-electron chi connectivity index (χ0n) is 9.78. The van der Waals surface area contributed by atoms with E-state index in [1.807, 2.05) is 13.8 Å². The van der Waals surface area contributed by atoms with Gasteiger partial charge in [0.1, 0.15) is 5.82 Å². The summed E-state index contributed by atoms with van der Waals surface area (Å²) in [6.07, 6.45) is 0. The Morgan fingerprint density at radius 3 is 2.71 bits per heavy atom. The third kappa shape index (κ3) is 4.32. The van der Waals surface area contributed by atoms with Crippen molar-refractivity contribution in [2.45, 2.75) is 26.4 Å². The second kappa shape index (κ2) is 5.98. The maximum atomic E-state index is 13.5. The van der Waals surface area contributed by atoms with Gasteiger partial charge in [0.15, 0.2) is 0 Å². The van der Waals surface area contributed by atoms with Gasteiger partial charge in [-0.3, -0.25) is 9.69 Å². The smallest absolute Gasteiger partial charge is 0.317 e. The molecule has 0 atom stereocenters. The van der Waals surface area contributed by atoms with Crippen LogP contribution in [0.2, 0.25) is 5.02 Å². The van der Waals surface area contributed by atoms with Gasteiger partial charge in [-0.25, -0.2) is 4.39 Å². The Balaban J connectivity index is 2.85. The van der Waals surface area contributed by atoms with Crippen LogP contribution in [0.1, 0.15) is 19.4 Å². The molecule has 0 amide bonds. The van der Waals surface area contributed by atoms with Crippen LogP contribution in [0.3, 0.4) is 0 Å². The van der Waals surface area contributed by atoms with E-state index >= 15 is 0 Å². The Labute approximate surface area is 105 Å². The van der Waals surface area contributed by atoms with Gasteiger partial charge < -0.3 is 5.11 Å². The average Bonchev–Trinajstić information content (AvgIpc) is 2.21. The van der Waals surface area contributed by atoms with E-state index in [0.29, 0.717) is 10.6 Å². The summed E-state index contributed by atoms with van der Waals surface area (Å²) in [5.41, 5.74) is 0.410. The molecule has 0 saturated carbocycles. The van der Waals surface area contributed by atoms with Crippen molar-refractivity contribution < 1.29 is 14.3 Å². The van der Waals surface area contributed by atoms with Crippen LogP contribution in [-0.4, -0.2) is 28.6 Å². The molecule has 0 fully saturated rings. The summed E-state index contributed by atoms with van der Waals surface area (Å²) in [5, 5.41) is 9.22. The molecule has 0 heterocycles. The number of carboxylic acid groups (broad SMARTS) is 1. The molecular formula is C12H15ClFNO2. The Morgan fingerprint density at radius 2 is 2.18 bits per heavy atom. The number of halogens is 2. The first-order chi connectivity index (χ1) is 7.90. The van der Waals surface area contributed by atoms with Gasteiger partial charge in [-0.05, 0) is 32.0 Å². The summed E-state index contributed by atoms with van der Waals surface area (Å²) in [7, 11) is 0. The van der Waals surface area contributed by atoms with Crippen molar-refractivity contribution in [3.05, 3.63) is 34.6 Å². The lowest BCUT2D eigenvalue weighted by atomic mass is 10.1. The molecule has 1 aromatic carbocycles. The van der Waals surface area contributed by atoms with Crippen LogP contribution in [0.5, 0.6) is 0 Å². The molecule has 3 nitrogen and oxygen atoms in total. The van der Waals surface area contributed by atoms with Gasteiger partial charge in [-0.15, -0.1) is 0 Å². The van der Waals surface area contributed by atoms with Crippen LogP contribution >= 0.6 is 11.6 Å². The van der Waals surface area contributed by atoms with Crippen molar-refractivity contribution in [3.63, 3.8) is 0 Å². The lowest BCUT2D eigenvalue weighted by Gasteiger charge is -2.24. The third-order valence-corrected chi connectivity index (χ3v) is 2.68. The first kappa shape index (κ1) is 13.9. The molecule has 0 aliphatic heterocycles. The summed E-state index contributed by atoms with van der Waals surface area (Å²) in [6, 6.07) is 4.30. The maximum absolute atomic E-state index is 13.5. The topological polar surface area (TPSA) is 40.5 Å². The molecule has 0 unspecified atom stereocenters. The number of carboxylic acids is 1. The molecule has 0 aliphatic rings. The molecule has 0 bridgehead atoms. The average molecular weight is 260 g/mol. The fraction of sp³-hybridized carbons (Fsp3) is 0.417. The normalized spacial score (nSPS) is 11.2. The zero-order chi connectivity index (χ0) is 13.0. The van der Waals surface area contributed by atoms with Crippen molar-refractivity contribution in [2.24, 2.45) is 0 Å². The largest absolute Gasteiger partial charge is 0.480 e. The van der Waals surface area contributed by atoms with E-state index in [2.05, 4.69) is 0 Å². The minimum Gasteiger partial charge on any atom is -0.480 e. The molecule has 1 N–H and O–H groups in total. The molecule has 1 aromatic rings. The van der Waals surface area contributed by atoms with Crippen LogP contribution in [-0.2, 0) is 11.3 Å². The molecule has 0 aliphatic carbocycles. The standard InChI is InChI=1S/C12H15ClFNO2/c1-8(2)15(7-12(16)17)6-9-5-10(13)3-4-11(9)14/h3-5,8H,6-7H2,1-2H3,(H,16,17). The van der Waals surface area contributed by atoms with Gasteiger partial charge in [0.25, 0.3) is 0 Å². The minimum absolute atomic E-state index is 0.0180. The van der Waals surface area contributed by atoms with Crippen LogP contribution in [0.4, 0.5) is 4.39 Å². The lowest BCUT2D eigenvalue weighted by molar-refractivity contribution is -0.139. The maximum Gasteiger partial charge on any atom is 0.317 e. The van der Waals surface area contributed by atoms with E-state index in [1.165, 1.54) is 18.2 Å². The Kier molecular flexibility index (Phi) is 4.90. The molecular weight excluding hydrogens is 245 g/mol. The van der Waals surface area contributed by atoms with Crippen molar-refractivity contribution >= 4 is 17.6 Å². The number of aliphatic carboxylic acids is 1. The molecule has 94 valence electrons. The van der Waals surface area contributed by atoms with E-state index in [4.69, 9.17) is 16.7 Å². The molecule has 0 saturated heterocycles. The first-order valence-corrected chi connectivity index (χ1v) is 5.67. The lowest BCUT2D eigenvalue weighted by Crippen LogP contribution is -2.35. The molecule has 0 spiro atoms. The van der Waals surface area contributed by atoms with E-state index in [9.17, 15) is 9.18 Å². The number of benzene rings is 1. The minimum atomic E-state index is -0.930. The SMILES string of the molecule is CC(C)N(CC(=O)O)Cc1cc(Cl)ccc1F. The van der Waals surface area contributed by atoms with Crippen molar-refractivity contribution in [2.75, 3.05) is 6.54 Å². The Hall–Kier alpha value is -1.13. The number of hydrogen-bond acceptors (Lipinski definition) is 2. The van der Waals surface area contributed by atoms with Gasteiger partial charge in [0, 0.05) is 23.2 Å². The zero-order valence-corrected chi connectivity index (χ0v) is 10.5. The van der Waals surface area contributed by atoms with Crippen LogP contribution in [0, 0.1) is 5.82 Å². The highest BCUT2D eigenvalue weighted by Gasteiger charge is 2.15. The second-order valence-electron chi connectivity index (χ2n) is 4.13. The van der Waals surface area contributed by atoms with Crippen LogP contribution in [0.15, 0.2) is 18.2 Å². The van der Waals surface area contributed by atoms with Gasteiger partial charge in [-0.1, -0.05) is 11.6 Å². The summed E-state index contributed by atoms with van der Waals surface area (Å²) in [4.78, 5) is 12.4. The Morgan fingerprint density at radius 1 is 1.53 bits per heavy atom. The molecule has 5 heteroatoms. The van der Waals surface area contributed by atoms with Gasteiger partial charge in [0.2, 0.25) is 0 Å². The quantitative estimate of drug-likeness (QED) is 0.884. The molecule has 1 rings (SSSR count). The number of hydrogen-bond donors (Lipinski definition) is 1. The fourth-order valence-electron chi connectivity index (χ4n) is 1.48. The summed E-state index contributed by atoms with van der Waals surface area (Å²) in [5.74, 6) is -1.30. The van der Waals surface area contributed by atoms with Gasteiger partial charge in [-0.2, -0.15) is 0 Å². The predicted molar refractivity (Wildman–Crippen MR) is 64.6 cm³/mol. The van der Waals surface area contributed by atoms with Crippen molar-refractivity contribution in [1.29, 1.82) is 0 Å². The van der Waals surface area contributed by atoms with Crippen LogP contribution < -0.4 is 0 Å². The van der Waals surface area contributed by atoms with Crippen LogP contribution in [0.25, 0.3) is 0 Å². The van der Waals surface area contributed by atoms with Crippen molar-refractivity contribution in [3.8, 4) is 0 Å². The Bertz CT molecular complexity index is 409. The molecule has 0 radical (unpaired) electrons. The molecule has 17 heavy (non-hydrogen) atoms. The number of rotatable bonds is 5.